The van der Waals surface area contributed by atoms with Crippen LogP contribution in [0, 0.1) is 23.3 Å². The van der Waals surface area contributed by atoms with E-state index in [1.54, 1.807) is 20.8 Å². The molecule has 134 valence electrons. The van der Waals surface area contributed by atoms with Crippen LogP contribution in [0.2, 0.25) is 0 Å². The molecule has 0 saturated carbocycles. The second-order valence-corrected chi connectivity index (χ2v) is 6.78. The maximum absolute atomic E-state index is 13.9. The van der Waals surface area contributed by atoms with E-state index < -0.39 is 59.1 Å². The summed E-state index contributed by atoms with van der Waals surface area (Å²) in [5, 5.41) is 9.41. The number of benzene rings is 1. The number of halogens is 4. The Bertz CT molecular complexity index is 619. The molecule has 0 unspecified atom stereocenters. The lowest BCUT2D eigenvalue weighted by Gasteiger charge is -2.27. The number of likely N-dealkylation sites (tertiary alicyclic amines) is 1. The van der Waals surface area contributed by atoms with Gasteiger partial charge in [-0.3, -0.25) is 0 Å². The van der Waals surface area contributed by atoms with Crippen LogP contribution in [-0.2, 0) is 4.74 Å². The van der Waals surface area contributed by atoms with Crippen LogP contribution in [0.25, 0.3) is 0 Å². The predicted octanol–water partition coefficient (Wildman–Crippen LogP) is 3.33. The van der Waals surface area contributed by atoms with Crippen LogP contribution < -0.4 is 0 Å². The van der Waals surface area contributed by atoms with Crippen LogP contribution in [0.3, 0.4) is 0 Å². The summed E-state index contributed by atoms with van der Waals surface area (Å²) in [5.74, 6) is -6.96. The van der Waals surface area contributed by atoms with Crippen molar-refractivity contribution in [3.63, 3.8) is 0 Å². The summed E-state index contributed by atoms with van der Waals surface area (Å²) in [7, 11) is 0. The van der Waals surface area contributed by atoms with Gasteiger partial charge in [0.05, 0.1) is 12.6 Å². The van der Waals surface area contributed by atoms with Crippen molar-refractivity contribution in [3.05, 3.63) is 34.9 Å². The van der Waals surface area contributed by atoms with Gasteiger partial charge in [-0.2, -0.15) is 0 Å². The highest BCUT2D eigenvalue weighted by Crippen LogP contribution is 2.36. The van der Waals surface area contributed by atoms with Gasteiger partial charge in [-0.1, -0.05) is 0 Å². The summed E-state index contributed by atoms with van der Waals surface area (Å²) in [5.41, 5.74) is -1.55. The molecule has 0 radical (unpaired) electrons. The largest absolute Gasteiger partial charge is 0.444 e. The van der Waals surface area contributed by atoms with E-state index in [9.17, 15) is 27.5 Å². The van der Waals surface area contributed by atoms with E-state index in [2.05, 4.69) is 0 Å². The Morgan fingerprint density at radius 1 is 1.25 bits per heavy atom. The van der Waals surface area contributed by atoms with Crippen molar-refractivity contribution < 1.29 is 32.2 Å². The third-order valence-corrected chi connectivity index (χ3v) is 3.81. The lowest BCUT2D eigenvalue weighted by molar-refractivity contribution is 0.0174. The number of aliphatic hydroxyl groups is 1. The Morgan fingerprint density at radius 2 is 1.79 bits per heavy atom. The maximum atomic E-state index is 13.9. The van der Waals surface area contributed by atoms with Crippen molar-refractivity contribution in [2.45, 2.75) is 44.8 Å². The maximum Gasteiger partial charge on any atom is 0.410 e. The molecule has 1 saturated heterocycles. The number of carbonyl (C=O) groups is 1. The van der Waals surface area contributed by atoms with Crippen molar-refractivity contribution in [2.24, 2.45) is 0 Å². The molecule has 1 aromatic rings. The summed E-state index contributed by atoms with van der Waals surface area (Å²) < 4.78 is 59.9. The standard InChI is InChI=1S/C16H19F4NO3/c1-16(2,3)24-15(23)21-6-8(4-9(21)7-22)12-13(19)10(17)5-11(18)14(12)20/h5,8-9,22H,4,6-7H2,1-3H3/t8-,9+/m0/s1. The molecule has 8 heteroatoms. The highest BCUT2D eigenvalue weighted by Gasteiger charge is 2.40. The summed E-state index contributed by atoms with van der Waals surface area (Å²) >= 11 is 0. The first-order valence-corrected chi connectivity index (χ1v) is 7.48. The normalized spacial score (nSPS) is 21.2. The minimum atomic E-state index is -1.50. The minimum Gasteiger partial charge on any atom is -0.444 e. The lowest BCUT2D eigenvalue weighted by Crippen LogP contribution is -2.41. The van der Waals surface area contributed by atoms with Gasteiger partial charge in [0.25, 0.3) is 0 Å². The first-order valence-electron chi connectivity index (χ1n) is 7.48. The monoisotopic (exact) mass is 349 g/mol. The first kappa shape index (κ1) is 18.5. The van der Waals surface area contributed by atoms with Gasteiger partial charge in [-0.15, -0.1) is 0 Å². The number of amides is 1. The zero-order valence-corrected chi connectivity index (χ0v) is 13.6. The number of hydrogen-bond donors (Lipinski definition) is 1. The molecule has 1 heterocycles. The van der Waals surface area contributed by atoms with E-state index in [1.807, 2.05) is 0 Å². The predicted molar refractivity (Wildman–Crippen MR) is 77.4 cm³/mol. The molecule has 2 rings (SSSR count). The molecule has 1 fully saturated rings. The van der Waals surface area contributed by atoms with Gasteiger partial charge in [-0.05, 0) is 27.2 Å². The quantitative estimate of drug-likeness (QED) is 0.658. The third kappa shape index (κ3) is 3.63. The molecule has 0 aromatic heterocycles. The molecular weight excluding hydrogens is 330 g/mol. The van der Waals surface area contributed by atoms with E-state index in [-0.39, 0.29) is 19.0 Å². The van der Waals surface area contributed by atoms with Gasteiger partial charge >= 0.3 is 6.09 Å². The fraction of sp³-hybridized carbons (Fsp3) is 0.562. The van der Waals surface area contributed by atoms with E-state index in [1.165, 1.54) is 0 Å². The van der Waals surface area contributed by atoms with Crippen molar-refractivity contribution in [1.82, 2.24) is 4.90 Å². The second kappa shape index (κ2) is 6.58. The molecular formula is C16H19F4NO3. The first-order chi connectivity index (χ1) is 11.0. The Labute approximate surface area is 137 Å². The molecule has 1 amide bonds. The van der Waals surface area contributed by atoms with Crippen LogP contribution >= 0.6 is 0 Å². The van der Waals surface area contributed by atoms with Crippen LogP contribution in [0.1, 0.15) is 38.7 Å². The Kier molecular flexibility index (Phi) is 5.08. The highest BCUT2D eigenvalue weighted by atomic mass is 19.2. The van der Waals surface area contributed by atoms with Crippen LogP contribution in [-0.4, -0.2) is 40.9 Å². The number of aliphatic hydroxyl groups excluding tert-OH is 1. The number of ether oxygens (including phenoxy) is 1. The van der Waals surface area contributed by atoms with Crippen LogP contribution in [0.15, 0.2) is 6.07 Å². The zero-order valence-electron chi connectivity index (χ0n) is 13.6. The van der Waals surface area contributed by atoms with Gasteiger partial charge in [-0.25, -0.2) is 22.4 Å². The number of carbonyl (C=O) groups excluding carboxylic acids is 1. The fourth-order valence-corrected chi connectivity index (χ4v) is 2.79. The second-order valence-electron chi connectivity index (χ2n) is 6.78. The number of nitrogens with zero attached hydrogens (tertiary/aromatic N) is 1. The zero-order chi connectivity index (χ0) is 18.2. The average molecular weight is 349 g/mol. The third-order valence-electron chi connectivity index (χ3n) is 3.81. The van der Waals surface area contributed by atoms with Crippen LogP contribution in [0.5, 0.6) is 0 Å². The minimum absolute atomic E-state index is 0.0352. The molecule has 1 N–H and O–H groups in total. The molecule has 2 atom stereocenters. The summed E-state index contributed by atoms with van der Waals surface area (Å²) in [6, 6.07) is -0.617. The van der Waals surface area contributed by atoms with E-state index in [0.717, 1.165) is 4.90 Å². The number of hydrogen-bond acceptors (Lipinski definition) is 3. The van der Waals surface area contributed by atoms with Crippen molar-refractivity contribution in [3.8, 4) is 0 Å². The summed E-state index contributed by atoms with van der Waals surface area (Å²) in [4.78, 5) is 13.3. The lowest BCUT2D eigenvalue weighted by atomic mass is 9.95. The molecule has 1 aliphatic rings. The van der Waals surface area contributed by atoms with Gasteiger partial charge in [0.2, 0.25) is 0 Å². The summed E-state index contributed by atoms with van der Waals surface area (Å²) in [6.45, 7) is 4.27. The van der Waals surface area contributed by atoms with Crippen molar-refractivity contribution in [1.29, 1.82) is 0 Å². The van der Waals surface area contributed by atoms with Gasteiger partial charge < -0.3 is 14.7 Å². The molecule has 1 aromatic carbocycles. The van der Waals surface area contributed by atoms with E-state index in [0.29, 0.717) is 0 Å². The highest BCUT2D eigenvalue weighted by molar-refractivity contribution is 5.69. The van der Waals surface area contributed by atoms with E-state index >= 15 is 0 Å². The fourth-order valence-electron chi connectivity index (χ4n) is 2.79. The SMILES string of the molecule is CC(C)(C)OC(=O)N1C[C@@H](c2c(F)c(F)cc(F)c2F)C[C@@H]1CO. The Balaban J connectivity index is 2.31. The molecule has 4 nitrogen and oxygen atoms in total. The molecule has 24 heavy (non-hydrogen) atoms. The number of rotatable bonds is 2. The molecule has 0 aliphatic carbocycles. The van der Waals surface area contributed by atoms with Crippen molar-refractivity contribution >= 4 is 6.09 Å². The van der Waals surface area contributed by atoms with Gasteiger partial charge in [0.15, 0.2) is 23.3 Å². The topological polar surface area (TPSA) is 49.8 Å². The summed E-state index contributed by atoms with van der Waals surface area (Å²) in [6.07, 6.45) is -0.798. The average Bonchev–Trinajstić information content (AvgIpc) is 2.88. The molecule has 1 aliphatic heterocycles. The molecule has 0 bridgehead atoms. The van der Waals surface area contributed by atoms with Gasteiger partial charge in [0.1, 0.15) is 5.60 Å². The smallest absolute Gasteiger partial charge is 0.410 e. The van der Waals surface area contributed by atoms with E-state index in [4.69, 9.17) is 4.74 Å². The van der Waals surface area contributed by atoms with Crippen LogP contribution in [0.4, 0.5) is 22.4 Å². The Morgan fingerprint density at radius 3 is 2.25 bits per heavy atom. The molecule has 0 spiro atoms. The van der Waals surface area contributed by atoms with Gasteiger partial charge in [0, 0.05) is 24.1 Å². The van der Waals surface area contributed by atoms with Crippen molar-refractivity contribution in [2.75, 3.05) is 13.2 Å². The Hall–Kier alpha value is -1.83.